The fourth-order valence-corrected chi connectivity index (χ4v) is 5.19. The van der Waals surface area contributed by atoms with Crippen LogP contribution in [0.15, 0.2) is 67.4 Å². The van der Waals surface area contributed by atoms with E-state index in [1.807, 2.05) is 19.9 Å². The second kappa shape index (κ2) is 13.6. The monoisotopic (exact) mass is 654 g/mol. The van der Waals surface area contributed by atoms with Gasteiger partial charge in [0, 0.05) is 55.4 Å². The Balaban J connectivity index is 1.15. The van der Waals surface area contributed by atoms with Crippen LogP contribution in [0.5, 0.6) is 0 Å². The Hall–Kier alpha value is -5.63. The highest BCUT2D eigenvalue weighted by Crippen LogP contribution is 2.33. The van der Waals surface area contributed by atoms with Crippen LogP contribution in [0.2, 0.25) is 0 Å². The van der Waals surface area contributed by atoms with Gasteiger partial charge in [0.25, 0.3) is 5.91 Å². The molecule has 0 bridgehead atoms. The average Bonchev–Trinajstić information content (AvgIpc) is 3.51. The number of hydrogen-bond donors (Lipinski definition) is 3. The molecule has 0 aliphatic carbocycles. The molecule has 1 aliphatic heterocycles. The minimum atomic E-state index is -4.60. The number of aryl methyl sites for hydroxylation is 3. The van der Waals surface area contributed by atoms with Gasteiger partial charge in [0.2, 0.25) is 0 Å². The molecule has 11 nitrogen and oxygen atoms in total. The lowest BCUT2D eigenvalue weighted by Crippen LogP contribution is -2.44. The molecule has 3 aromatic heterocycles. The first-order chi connectivity index (χ1) is 23.0. The van der Waals surface area contributed by atoms with Crippen molar-refractivity contribution >= 4 is 41.2 Å². The van der Waals surface area contributed by atoms with Gasteiger partial charge >= 0.3 is 6.18 Å². The standard InChI is InChI=1S/C34H33F3N10O/c1-21-4-5-25(33(48)44-28-13-26(34(35,36)37)14-29(15-28)47-19-22(2)41-20-47)12-24(21)6-7-27-17-40-31(18-39-27)45-30-16-32(43-23(3)42-30)46-10-8-38-9-11-46/h4-7,12-20,38H,8-11H2,1-3H3,(H,44,48)(H,40,42,43,45)/b7-6+. The number of nitrogens with zero attached hydrogens (tertiary/aromatic N) is 7. The van der Waals surface area contributed by atoms with Gasteiger partial charge < -0.3 is 25.4 Å². The summed E-state index contributed by atoms with van der Waals surface area (Å²) in [5.74, 6) is 2.10. The van der Waals surface area contributed by atoms with Crippen LogP contribution < -0.4 is 20.9 Å². The lowest BCUT2D eigenvalue weighted by Gasteiger charge is -2.28. The van der Waals surface area contributed by atoms with E-state index in [-0.39, 0.29) is 16.9 Å². The fraction of sp³-hybridized carbons (Fsp3) is 0.235. The van der Waals surface area contributed by atoms with Crippen LogP contribution in [-0.2, 0) is 6.18 Å². The zero-order valence-electron chi connectivity index (χ0n) is 26.5. The molecular formula is C34H33F3N10O. The molecule has 1 amide bonds. The fourth-order valence-electron chi connectivity index (χ4n) is 5.19. The van der Waals surface area contributed by atoms with Gasteiger partial charge in [-0.1, -0.05) is 12.1 Å². The number of amides is 1. The average molecular weight is 655 g/mol. The van der Waals surface area contributed by atoms with Crippen molar-refractivity contribution in [3.63, 3.8) is 0 Å². The Morgan fingerprint density at radius 2 is 1.73 bits per heavy atom. The van der Waals surface area contributed by atoms with E-state index in [0.717, 1.165) is 55.3 Å². The molecule has 2 aromatic carbocycles. The van der Waals surface area contributed by atoms with Crippen LogP contribution in [0, 0.1) is 20.8 Å². The molecule has 0 unspecified atom stereocenters. The van der Waals surface area contributed by atoms with Crippen LogP contribution in [-0.4, -0.2) is 61.6 Å². The van der Waals surface area contributed by atoms with Crippen molar-refractivity contribution in [1.29, 1.82) is 0 Å². The van der Waals surface area contributed by atoms with Gasteiger partial charge in [-0.05, 0) is 68.3 Å². The third kappa shape index (κ3) is 7.83. The summed E-state index contributed by atoms with van der Waals surface area (Å²) >= 11 is 0. The third-order valence-corrected chi connectivity index (χ3v) is 7.68. The van der Waals surface area contributed by atoms with Crippen molar-refractivity contribution in [2.24, 2.45) is 0 Å². The smallest absolute Gasteiger partial charge is 0.354 e. The maximum absolute atomic E-state index is 13.7. The number of carbonyl (C=O) groups is 1. The number of imidazole rings is 1. The van der Waals surface area contributed by atoms with Crippen LogP contribution in [0.4, 0.5) is 36.3 Å². The van der Waals surface area contributed by atoms with E-state index in [0.29, 0.717) is 28.8 Å². The number of piperazine rings is 1. The zero-order chi connectivity index (χ0) is 33.8. The molecule has 5 aromatic rings. The summed E-state index contributed by atoms with van der Waals surface area (Å²) in [6, 6.07) is 10.4. The summed E-state index contributed by atoms with van der Waals surface area (Å²) in [7, 11) is 0. The Labute approximate surface area is 275 Å². The second-order valence-corrected chi connectivity index (χ2v) is 11.4. The van der Waals surface area contributed by atoms with Crippen molar-refractivity contribution in [2.75, 3.05) is 41.7 Å². The molecule has 3 N–H and O–H groups in total. The van der Waals surface area contributed by atoms with Crippen LogP contribution >= 0.6 is 0 Å². The lowest BCUT2D eigenvalue weighted by molar-refractivity contribution is -0.137. The molecule has 1 saturated heterocycles. The molecule has 0 atom stereocenters. The quantitative estimate of drug-likeness (QED) is 0.186. The third-order valence-electron chi connectivity index (χ3n) is 7.68. The minimum absolute atomic E-state index is 0.00923. The normalized spacial score (nSPS) is 13.6. The van der Waals surface area contributed by atoms with Gasteiger partial charge in [-0.2, -0.15) is 13.2 Å². The molecule has 4 heterocycles. The molecule has 48 heavy (non-hydrogen) atoms. The summed E-state index contributed by atoms with van der Waals surface area (Å²) in [5, 5.41) is 9.15. The van der Waals surface area contributed by atoms with Crippen LogP contribution in [0.3, 0.4) is 0 Å². The minimum Gasteiger partial charge on any atom is -0.354 e. The maximum Gasteiger partial charge on any atom is 0.416 e. The molecule has 246 valence electrons. The zero-order valence-corrected chi connectivity index (χ0v) is 26.5. The number of rotatable bonds is 8. The Morgan fingerprint density at radius 3 is 2.44 bits per heavy atom. The van der Waals surface area contributed by atoms with E-state index < -0.39 is 17.6 Å². The largest absolute Gasteiger partial charge is 0.416 e. The number of hydrogen-bond acceptors (Lipinski definition) is 9. The first kappa shape index (κ1) is 32.3. The number of benzene rings is 2. The molecule has 0 spiro atoms. The summed E-state index contributed by atoms with van der Waals surface area (Å²) < 4.78 is 42.6. The number of aromatic nitrogens is 6. The highest BCUT2D eigenvalue weighted by atomic mass is 19.4. The Kier molecular flexibility index (Phi) is 9.17. The van der Waals surface area contributed by atoms with Gasteiger partial charge in [0.1, 0.15) is 23.3 Å². The van der Waals surface area contributed by atoms with Gasteiger partial charge in [0.05, 0.1) is 35.7 Å². The topological polar surface area (TPSA) is 126 Å². The van der Waals surface area contributed by atoms with E-state index in [1.165, 1.54) is 17.0 Å². The van der Waals surface area contributed by atoms with Crippen LogP contribution in [0.1, 0.15) is 44.3 Å². The predicted molar refractivity (Wildman–Crippen MR) is 179 cm³/mol. The van der Waals surface area contributed by atoms with E-state index >= 15 is 0 Å². The van der Waals surface area contributed by atoms with Crippen molar-refractivity contribution in [2.45, 2.75) is 26.9 Å². The van der Waals surface area contributed by atoms with Crippen molar-refractivity contribution in [3.05, 3.63) is 107 Å². The van der Waals surface area contributed by atoms with Gasteiger partial charge in [0.15, 0.2) is 0 Å². The van der Waals surface area contributed by atoms with E-state index in [1.54, 1.807) is 55.9 Å². The first-order valence-corrected chi connectivity index (χ1v) is 15.2. The molecule has 14 heteroatoms. The highest BCUT2D eigenvalue weighted by Gasteiger charge is 2.31. The molecule has 1 aliphatic rings. The SMILES string of the molecule is Cc1cn(-c2cc(NC(=O)c3ccc(C)c(/C=C/c4cnc(Nc5cc(N6CCNCC6)nc(C)n5)cn4)c3)cc(C(F)(F)F)c2)cn1. The number of carbonyl (C=O) groups excluding carboxylic acids is 1. The summed E-state index contributed by atoms with van der Waals surface area (Å²) in [5.41, 5.74) is 2.49. The van der Waals surface area contributed by atoms with Crippen molar-refractivity contribution in [1.82, 2.24) is 34.8 Å². The number of nitrogens with one attached hydrogen (secondary N) is 3. The summed E-state index contributed by atoms with van der Waals surface area (Å²) in [6.45, 7) is 9.02. The molecule has 0 radical (unpaired) electrons. The lowest BCUT2D eigenvalue weighted by atomic mass is 10.0. The Morgan fingerprint density at radius 1 is 0.917 bits per heavy atom. The number of halogens is 3. The molecule has 0 saturated carbocycles. The van der Waals surface area contributed by atoms with Crippen LogP contribution in [0.25, 0.3) is 17.8 Å². The van der Waals surface area contributed by atoms with E-state index in [4.69, 9.17) is 0 Å². The van der Waals surface area contributed by atoms with Gasteiger partial charge in [-0.15, -0.1) is 0 Å². The molecule has 6 rings (SSSR count). The second-order valence-electron chi connectivity index (χ2n) is 11.4. The van der Waals surface area contributed by atoms with Crippen molar-refractivity contribution < 1.29 is 18.0 Å². The summed E-state index contributed by atoms with van der Waals surface area (Å²) in [6.07, 6.45) is 5.22. The van der Waals surface area contributed by atoms with Gasteiger partial charge in [-0.3, -0.25) is 9.78 Å². The van der Waals surface area contributed by atoms with E-state index in [2.05, 4.69) is 45.8 Å². The number of anilines is 4. The maximum atomic E-state index is 13.7. The highest BCUT2D eigenvalue weighted by molar-refractivity contribution is 6.05. The number of alkyl halides is 3. The summed E-state index contributed by atoms with van der Waals surface area (Å²) in [4.78, 5) is 37.5. The molecular weight excluding hydrogens is 621 g/mol. The Bertz CT molecular complexity index is 1970. The first-order valence-electron chi connectivity index (χ1n) is 15.2. The van der Waals surface area contributed by atoms with E-state index in [9.17, 15) is 18.0 Å². The van der Waals surface area contributed by atoms with Gasteiger partial charge in [-0.25, -0.2) is 19.9 Å². The molecule has 1 fully saturated rings. The predicted octanol–water partition coefficient (Wildman–Crippen LogP) is 5.97. The van der Waals surface area contributed by atoms with Crippen molar-refractivity contribution in [3.8, 4) is 5.69 Å².